The number of benzene rings is 1. The molecule has 0 atom stereocenters. The zero-order chi connectivity index (χ0) is 10.0. The third kappa shape index (κ3) is 1.41. The van der Waals surface area contributed by atoms with Gasteiger partial charge in [0.15, 0.2) is 11.6 Å². The van der Waals surface area contributed by atoms with Crippen molar-refractivity contribution in [3.05, 3.63) is 23.0 Å². The molecule has 0 saturated heterocycles. The van der Waals surface area contributed by atoms with Gasteiger partial charge in [0, 0.05) is 0 Å². The lowest BCUT2D eigenvalue weighted by atomic mass is 10.1. The van der Waals surface area contributed by atoms with Crippen molar-refractivity contribution in [3.63, 3.8) is 0 Å². The molecular weight excluding hydrogens is 171 g/mol. The molecule has 0 aliphatic carbocycles. The maximum atomic E-state index is 13.3. The molecule has 1 rings (SSSR count). The van der Waals surface area contributed by atoms with Crippen molar-refractivity contribution in [1.29, 1.82) is 5.26 Å². The van der Waals surface area contributed by atoms with Gasteiger partial charge in [0.1, 0.15) is 11.6 Å². The Labute approximate surface area is 75.5 Å². The molecule has 0 spiro atoms. The first-order chi connectivity index (χ1) is 6.11. The number of nitrogens with two attached hydrogens (primary N) is 1. The number of halogens is 1. The molecule has 0 fully saturated rings. The Morgan fingerprint density at radius 3 is 2.69 bits per heavy atom. The Morgan fingerprint density at radius 2 is 2.23 bits per heavy atom. The number of hydrogen-bond donors (Lipinski definition) is 1. The highest BCUT2D eigenvalue weighted by atomic mass is 19.1. The van der Waals surface area contributed by atoms with Crippen molar-refractivity contribution in [1.82, 2.24) is 0 Å². The Hall–Kier alpha value is -1.76. The lowest BCUT2D eigenvalue weighted by Crippen LogP contribution is -2.00. The minimum absolute atomic E-state index is 0.0447. The molecular formula is C9H9FN2O. The largest absolute Gasteiger partial charge is 0.494 e. The molecule has 68 valence electrons. The van der Waals surface area contributed by atoms with E-state index >= 15 is 0 Å². The number of nitrogens with zero attached hydrogens (tertiary/aromatic N) is 1. The number of ether oxygens (including phenoxy) is 1. The van der Waals surface area contributed by atoms with Gasteiger partial charge in [-0.25, -0.2) is 4.39 Å². The van der Waals surface area contributed by atoms with E-state index in [4.69, 9.17) is 15.7 Å². The van der Waals surface area contributed by atoms with Crippen LogP contribution in [0.15, 0.2) is 6.07 Å². The SMILES string of the molecule is COc1cc(C)c(N)c(C#N)c1F. The van der Waals surface area contributed by atoms with Crippen molar-refractivity contribution in [2.24, 2.45) is 0 Å². The Bertz CT molecular complexity index is 382. The number of nitriles is 1. The van der Waals surface area contributed by atoms with Crippen LogP contribution in [-0.2, 0) is 0 Å². The molecule has 0 radical (unpaired) electrons. The lowest BCUT2D eigenvalue weighted by molar-refractivity contribution is 0.386. The first-order valence-corrected chi connectivity index (χ1v) is 3.64. The van der Waals surface area contributed by atoms with Crippen LogP contribution >= 0.6 is 0 Å². The van der Waals surface area contributed by atoms with E-state index in [1.165, 1.54) is 13.2 Å². The molecule has 0 aliphatic rings. The fraction of sp³-hybridized carbons (Fsp3) is 0.222. The fourth-order valence-electron chi connectivity index (χ4n) is 1.03. The number of rotatable bonds is 1. The van der Waals surface area contributed by atoms with Gasteiger partial charge in [-0.05, 0) is 18.6 Å². The van der Waals surface area contributed by atoms with Gasteiger partial charge in [-0.15, -0.1) is 0 Å². The number of anilines is 1. The van der Waals surface area contributed by atoms with E-state index in [1.807, 2.05) is 0 Å². The van der Waals surface area contributed by atoms with Gasteiger partial charge in [-0.2, -0.15) is 5.26 Å². The minimum atomic E-state index is -0.701. The van der Waals surface area contributed by atoms with E-state index in [-0.39, 0.29) is 17.0 Å². The molecule has 0 unspecified atom stereocenters. The van der Waals surface area contributed by atoms with Crippen molar-refractivity contribution in [3.8, 4) is 11.8 Å². The zero-order valence-electron chi connectivity index (χ0n) is 7.39. The molecule has 1 aromatic carbocycles. The molecule has 1 aromatic rings. The number of methoxy groups -OCH3 is 1. The Morgan fingerprint density at radius 1 is 1.62 bits per heavy atom. The van der Waals surface area contributed by atoms with Gasteiger partial charge >= 0.3 is 0 Å². The molecule has 0 saturated carbocycles. The second-order valence-electron chi connectivity index (χ2n) is 2.61. The van der Waals surface area contributed by atoms with Crippen LogP contribution in [0.1, 0.15) is 11.1 Å². The lowest BCUT2D eigenvalue weighted by Gasteiger charge is -2.07. The smallest absolute Gasteiger partial charge is 0.184 e. The minimum Gasteiger partial charge on any atom is -0.494 e. The van der Waals surface area contributed by atoms with Crippen molar-refractivity contribution < 1.29 is 9.13 Å². The van der Waals surface area contributed by atoms with Crippen LogP contribution < -0.4 is 10.5 Å². The fourth-order valence-corrected chi connectivity index (χ4v) is 1.03. The van der Waals surface area contributed by atoms with E-state index < -0.39 is 5.82 Å². The summed E-state index contributed by atoms with van der Waals surface area (Å²) in [6.07, 6.45) is 0. The molecule has 0 aromatic heterocycles. The predicted molar refractivity (Wildman–Crippen MR) is 46.8 cm³/mol. The summed E-state index contributed by atoms with van der Waals surface area (Å²) in [5.41, 5.74) is 6.15. The van der Waals surface area contributed by atoms with Crippen LogP contribution in [0.3, 0.4) is 0 Å². The summed E-state index contributed by atoms with van der Waals surface area (Å²) in [4.78, 5) is 0. The monoisotopic (exact) mass is 180 g/mol. The van der Waals surface area contributed by atoms with Gasteiger partial charge in [0.25, 0.3) is 0 Å². The van der Waals surface area contributed by atoms with Gasteiger partial charge < -0.3 is 10.5 Å². The van der Waals surface area contributed by atoms with Gasteiger partial charge in [-0.1, -0.05) is 0 Å². The van der Waals surface area contributed by atoms with Gasteiger partial charge in [0.05, 0.1) is 12.8 Å². The van der Waals surface area contributed by atoms with Crippen molar-refractivity contribution in [2.75, 3.05) is 12.8 Å². The highest BCUT2D eigenvalue weighted by Gasteiger charge is 2.14. The molecule has 3 nitrogen and oxygen atoms in total. The molecule has 4 heteroatoms. The average Bonchev–Trinajstić information content (AvgIpc) is 2.12. The standard InChI is InChI=1S/C9H9FN2O/c1-5-3-7(13-2)8(10)6(4-11)9(5)12/h3H,12H2,1-2H3. The normalized spacial score (nSPS) is 9.38. The topological polar surface area (TPSA) is 59.0 Å². The highest BCUT2D eigenvalue weighted by molar-refractivity contribution is 5.62. The molecule has 2 N–H and O–H groups in total. The van der Waals surface area contributed by atoms with Crippen LogP contribution in [0.25, 0.3) is 0 Å². The molecule has 0 aliphatic heterocycles. The molecule has 13 heavy (non-hydrogen) atoms. The first-order valence-electron chi connectivity index (χ1n) is 3.64. The summed E-state index contributed by atoms with van der Waals surface area (Å²) >= 11 is 0. The summed E-state index contributed by atoms with van der Waals surface area (Å²) in [6, 6.07) is 3.16. The van der Waals surface area contributed by atoms with E-state index in [1.54, 1.807) is 13.0 Å². The van der Waals surface area contributed by atoms with Crippen LogP contribution in [0.4, 0.5) is 10.1 Å². The predicted octanol–water partition coefficient (Wildman–Crippen LogP) is 1.60. The summed E-state index contributed by atoms with van der Waals surface area (Å²) in [7, 11) is 1.34. The number of hydrogen-bond acceptors (Lipinski definition) is 3. The molecule has 0 bridgehead atoms. The van der Waals surface area contributed by atoms with Gasteiger partial charge in [-0.3, -0.25) is 0 Å². The number of aryl methyl sites for hydroxylation is 1. The van der Waals surface area contributed by atoms with Crippen molar-refractivity contribution >= 4 is 5.69 Å². The summed E-state index contributed by atoms with van der Waals surface area (Å²) < 4.78 is 18.0. The Balaban J connectivity index is 3.50. The quantitative estimate of drug-likeness (QED) is 0.667. The van der Waals surface area contributed by atoms with E-state index in [0.29, 0.717) is 5.56 Å². The maximum Gasteiger partial charge on any atom is 0.184 e. The number of nitrogen functional groups attached to an aromatic ring is 1. The van der Waals surface area contributed by atoms with Crippen LogP contribution in [0, 0.1) is 24.1 Å². The van der Waals surface area contributed by atoms with E-state index in [9.17, 15) is 4.39 Å². The summed E-state index contributed by atoms with van der Waals surface area (Å²) in [6.45, 7) is 1.69. The van der Waals surface area contributed by atoms with Gasteiger partial charge in [0.2, 0.25) is 0 Å². The van der Waals surface area contributed by atoms with Crippen LogP contribution in [0.2, 0.25) is 0 Å². The highest BCUT2D eigenvalue weighted by Crippen LogP contribution is 2.27. The second kappa shape index (κ2) is 3.31. The zero-order valence-corrected chi connectivity index (χ0v) is 7.39. The average molecular weight is 180 g/mol. The van der Waals surface area contributed by atoms with Crippen molar-refractivity contribution in [2.45, 2.75) is 6.92 Å². The first kappa shape index (κ1) is 9.33. The molecule has 0 amide bonds. The maximum absolute atomic E-state index is 13.3. The third-order valence-electron chi connectivity index (χ3n) is 1.81. The van der Waals surface area contributed by atoms with Crippen LogP contribution in [0.5, 0.6) is 5.75 Å². The van der Waals surface area contributed by atoms with E-state index in [2.05, 4.69) is 0 Å². The van der Waals surface area contributed by atoms with Crippen LogP contribution in [-0.4, -0.2) is 7.11 Å². The summed E-state index contributed by atoms with van der Waals surface area (Å²) in [5, 5.41) is 8.62. The molecule has 0 heterocycles. The second-order valence-corrected chi connectivity index (χ2v) is 2.61. The summed E-state index contributed by atoms with van der Waals surface area (Å²) in [5.74, 6) is -0.656. The van der Waals surface area contributed by atoms with E-state index in [0.717, 1.165) is 0 Å². The Kier molecular flexibility index (Phi) is 2.38. The third-order valence-corrected chi connectivity index (χ3v) is 1.81.